The van der Waals surface area contributed by atoms with Crippen molar-refractivity contribution in [2.45, 2.75) is 62.9 Å². The molecule has 0 fully saturated rings. The summed E-state index contributed by atoms with van der Waals surface area (Å²) in [4.78, 5) is 0. The Balaban J connectivity index is 2.90. The lowest BCUT2D eigenvalue weighted by molar-refractivity contribution is 0.538. The van der Waals surface area contributed by atoms with Gasteiger partial charge in [0.25, 0.3) is 0 Å². The molecule has 0 N–H and O–H groups in total. The number of hydrogen-bond donors (Lipinski definition) is 0. The summed E-state index contributed by atoms with van der Waals surface area (Å²) in [5, 5.41) is -0.266. The highest BCUT2D eigenvalue weighted by molar-refractivity contribution is 7.93. The van der Waals surface area contributed by atoms with E-state index in [2.05, 4.69) is 0 Å². The van der Waals surface area contributed by atoms with Gasteiger partial charge >= 0.3 is 0 Å². The van der Waals surface area contributed by atoms with Crippen molar-refractivity contribution in [1.29, 1.82) is 0 Å². The van der Waals surface area contributed by atoms with Crippen LogP contribution in [0.1, 0.15) is 52.9 Å². The Morgan fingerprint density at radius 3 is 2.40 bits per heavy atom. The largest absolute Gasteiger partial charge is 0.228 e. The molecule has 0 aromatic rings. The summed E-state index contributed by atoms with van der Waals surface area (Å²) >= 11 is 0. The zero-order chi connectivity index (χ0) is 11.5. The number of sulfone groups is 1. The van der Waals surface area contributed by atoms with Gasteiger partial charge in [-0.05, 0) is 40.0 Å². The summed E-state index contributed by atoms with van der Waals surface area (Å²) in [6.45, 7) is 5.36. The molecule has 1 aliphatic carbocycles. The summed E-state index contributed by atoms with van der Waals surface area (Å²) in [5.74, 6) is 0. The van der Waals surface area contributed by atoms with E-state index in [0.717, 1.165) is 25.7 Å². The first kappa shape index (κ1) is 12.8. The Hall–Kier alpha value is -0.310. The van der Waals surface area contributed by atoms with Gasteiger partial charge in [-0.1, -0.05) is 25.0 Å². The van der Waals surface area contributed by atoms with Crippen molar-refractivity contribution in [3.8, 4) is 0 Å². The smallest absolute Gasteiger partial charge is 0.161 e. The summed E-state index contributed by atoms with van der Waals surface area (Å²) in [6.07, 6.45) is 9.13. The predicted molar refractivity (Wildman–Crippen MR) is 64.7 cm³/mol. The van der Waals surface area contributed by atoms with E-state index < -0.39 is 14.6 Å². The van der Waals surface area contributed by atoms with E-state index in [4.69, 9.17) is 0 Å². The van der Waals surface area contributed by atoms with E-state index in [1.54, 1.807) is 20.8 Å². The topological polar surface area (TPSA) is 34.1 Å². The highest BCUT2D eigenvalue weighted by Gasteiger charge is 2.35. The van der Waals surface area contributed by atoms with Gasteiger partial charge in [0.2, 0.25) is 0 Å². The average Bonchev–Trinajstić information content (AvgIpc) is 1.99. The molecule has 0 amide bonds. The molecule has 0 aromatic heterocycles. The summed E-state index contributed by atoms with van der Waals surface area (Å²) in [6, 6.07) is 0. The first-order chi connectivity index (χ1) is 6.86. The second-order valence-corrected chi connectivity index (χ2v) is 8.18. The van der Waals surface area contributed by atoms with Crippen molar-refractivity contribution in [2.24, 2.45) is 0 Å². The molecule has 0 aliphatic heterocycles. The highest BCUT2D eigenvalue weighted by Crippen LogP contribution is 2.26. The van der Waals surface area contributed by atoms with Crippen LogP contribution in [0.4, 0.5) is 0 Å². The van der Waals surface area contributed by atoms with Gasteiger partial charge in [0.15, 0.2) is 9.84 Å². The molecule has 3 heteroatoms. The van der Waals surface area contributed by atoms with Gasteiger partial charge in [0.1, 0.15) is 0 Å². The lowest BCUT2D eigenvalue weighted by Gasteiger charge is -2.25. The van der Waals surface area contributed by atoms with Crippen LogP contribution in [0.25, 0.3) is 0 Å². The minimum atomic E-state index is -3.03. The van der Waals surface area contributed by atoms with Crippen LogP contribution in [0.3, 0.4) is 0 Å². The van der Waals surface area contributed by atoms with Crippen molar-refractivity contribution >= 4 is 9.84 Å². The normalized spacial score (nSPS) is 24.6. The zero-order valence-corrected chi connectivity index (χ0v) is 10.8. The SMILES string of the molecule is CC(C)(C)S(=O)(=O)[C@@H]1C=CCCCCC1. The van der Waals surface area contributed by atoms with Gasteiger partial charge in [-0.3, -0.25) is 0 Å². The lowest BCUT2D eigenvalue weighted by atomic mass is 10.1. The Kier molecular flexibility index (Phi) is 3.99. The third-order valence-corrected chi connectivity index (χ3v) is 5.86. The first-order valence-corrected chi connectivity index (χ1v) is 7.30. The molecule has 88 valence electrons. The van der Waals surface area contributed by atoms with Crippen molar-refractivity contribution < 1.29 is 8.42 Å². The Labute approximate surface area is 93.7 Å². The van der Waals surface area contributed by atoms with E-state index >= 15 is 0 Å². The van der Waals surface area contributed by atoms with Crippen LogP contribution in [0, 0.1) is 0 Å². The van der Waals surface area contributed by atoms with Gasteiger partial charge in [0.05, 0.1) is 10.00 Å². The molecule has 0 saturated heterocycles. The fourth-order valence-electron chi connectivity index (χ4n) is 1.84. The van der Waals surface area contributed by atoms with Crippen molar-refractivity contribution in [2.75, 3.05) is 0 Å². The van der Waals surface area contributed by atoms with Crippen LogP contribution in [0.5, 0.6) is 0 Å². The predicted octanol–water partition coefficient (Wildman–Crippen LogP) is 3.09. The van der Waals surface area contributed by atoms with Gasteiger partial charge in [0, 0.05) is 0 Å². The zero-order valence-electron chi connectivity index (χ0n) is 9.99. The van der Waals surface area contributed by atoms with Gasteiger partial charge in [-0.15, -0.1) is 0 Å². The van der Waals surface area contributed by atoms with Gasteiger partial charge in [-0.25, -0.2) is 8.42 Å². The molecule has 1 rings (SSSR count). The number of rotatable bonds is 1. The Morgan fingerprint density at radius 1 is 1.13 bits per heavy atom. The van der Waals surface area contributed by atoms with Crippen molar-refractivity contribution in [3.05, 3.63) is 12.2 Å². The minimum Gasteiger partial charge on any atom is -0.228 e. The van der Waals surface area contributed by atoms with Gasteiger partial charge in [-0.2, -0.15) is 0 Å². The molecular formula is C12H22O2S. The maximum atomic E-state index is 12.2. The van der Waals surface area contributed by atoms with Crippen LogP contribution < -0.4 is 0 Å². The third-order valence-electron chi connectivity index (χ3n) is 2.96. The van der Waals surface area contributed by atoms with Crippen LogP contribution >= 0.6 is 0 Å². The molecule has 0 unspecified atom stereocenters. The lowest BCUT2D eigenvalue weighted by Crippen LogP contribution is -2.36. The van der Waals surface area contributed by atoms with E-state index in [0.29, 0.717) is 0 Å². The molecule has 1 atom stereocenters. The maximum absolute atomic E-state index is 12.2. The van der Waals surface area contributed by atoms with Gasteiger partial charge < -0.3 is 0 Å². The molecule has 2 nitrogen and oxygen atoms in total. The Bertz CT molecular complexity index is 320. The van der Waals surface area contributed by atoms with Crippen LogP contribution in [-0.2, 0) is 9.84 Å². The molecular weight excluding hydrogens is 208 g/mol. The summed E-state index contributed by atoms with van der Waals surface area (Å²) in [5.41, 5.74) is 0. The average molecular weight is 230 g/mol. The maximum Gasteiger partial charge on any atom is 0.161 e. The second-order valence-electron chi connectivity index (χ2n) is 5.26. The fraction of sp³-hybridized carbons (Fsp3) is 0.833. The number of allylic oxidation sites excluding steroid dienone is 1. The highest BCUT2D eigenvalue weighted by atomic mass is 32.2. The second kappa shape index (κ2) is 4.69. The summed E-state index contributed by atoms with van der Waals surface area (Å²) < 4.78 is 23.8. The van der Waals surface area contributed by atoms with Crippen LogP contribution in [-0.4, -0.2) is 18.4 Å². The molecule has 15 heavy (non-hydrogen) atoms. The van der Waals surface area contributed by atoms with Crippen LogP contribution in [0.2, 0.25) is 0 Å². The molecule has 1 aliphatic rings. The first-order valence-electron chi connectivity index (χ1n) is 5.76. The number of hydrogen-bond acceptors (Lipinski definition) is 2. The van der Waals surface area contributed by atoms with E-state index in [1.807, 2.05) is 12.2 Å². The van der Waals surface area contributed by atoms with E-state index in [9.17, 15) is 8.42 Å². The van der Waals surface area contributed by atoms with E-state index in [-0.39, 0.29) is 5.25 Å². The Morgan fingerprint density at radius 2 is 1.80 bits per heavy atom. The van der Waals surface area contributed by atoms with Crippen molar-refractivity contribution in [1.82, 2.24) is 0 Å². The molecule has 0 heterocycles. The van der Waals surface area contributed by atoms with Crippen molar-refractivity contribution in [3.63, 3.8) is 0 Å². The quantitative estimate of drug-likeness (QED) is 0.649. The molecule has 0 radical (unpaired) electrons. The molecule has 0 spiro atoms. The molecule has 0 bridgehead atoms. The standard InChI is InChI=1S/C12H22O2S/c1-12(2,3)15(13,14)11-9-7-5-4-6-8-10-11/h7,9,11H,4-6,8,10H2,1-3H3/t11-/m1/s1. The molecule has 0 saturated carbocycles. The third kappa shape index (κ3) is 3.07. The summed E-state index contributed by atoms with van der Waals surface area (Å²) in [7, 11) is -3.03. The van der Waals surface area contributed by atoms with Crippen LogP contribution in [0.15, 0.2) is 12.2 Å². The fourth-order valence-corrected chi connectivity index (χ4v) is 3.54. The monoisotopic (exact) mass is 230 g/mol. The molecule has 0 aromatic carbocycles. The minimum absolute atomic E-state index is 0.266. The van der Waals surface area contributed by atoms with E-state index in [1.165, 1.54) is 6.42 Å².